The number of nitrogens with zero attached hydrogens (tertiary/aromatic N) is 1. The zero-order valence-corrected chi connectivity index (χ0v) is 20.1. The average Bonchev–Trinajstić information content (AvgIpc) is 2.76. The fourth-order valence-electron chi connectivity index (χ4n) is 3.30. The van der Waals surface area contributed by atoms with E-state index in [0.717, 1.165) is 17.5 Å². The minimum atomic E-state index is -0.555. The second-order valence-corrected chi connectivity index (χ2v) is 8.97. The van der Waals surface area contributed by atoms with Crippen molar-refractivity contribution < 1.29 is 9.59 Å². The molecule has 0 aliphatic heterocycles. The van der Waals surface area contributed by atoms with Crippen LogP contribution in [0.1, 0.15) is 70.1 Å². The summed E-state index contributed by atoms with van der Waals surface area (Å²) in [6, 6.07) is 15.3. The zero-order chi connectivity index (χ0) is 23.0. The molecule has 168 valence electrons. The maximum absolute atomic E-state index is 13.2. The van der Waals surface area contributed by atoms with Crippen LogP contribution in [0.5, 0.6) is 0 Å². The second-order valence-electron chi connectivity index (χ2n) is 8.54. The van der Waals surface area contributed by atoms with E-state index in [-0.39, 0.29) is 17.9 Å². The van der Waals surface area contributed by atoms with Crippen LogP contribution in [0.15, 0.2) is 48.5 Å². The van der Waals surface area contributed by atoms with Crippen LogP contribution < -0.4 is 5.32 Å². The fourth-order valence-corrected chi connectivity index (χ4v) is 3.42. The number of hydrogen-bond acceptors (Lipinski definition) is 2. The number of hydrogen-bond donors (Lipinski definition) is 1. The number of amides is 2. The molecule has 5 heteroatoms. The Bertz CT molecular complexity index is 847. The molecule has 0 aliphatic rings. The summed E-state index contributed by atoms with van der Waals surface area (Å²) in [4.78, 5) is 27.6. The molecule has 2 aromatic rings. The van der Waals surface area contributed by atoms with Crippen molar-refractivity contribution in [2.24, 2.45) is 0 Å². The van der Waals surface area contributed by atoms with Crippen LogP contribution in [-0.4, -0.2) is 28.8 Å². The summed E-state index contributed by atoms with van der Waals surface area (Å²) in [5, 5.41) is 3.64. The first-order valence-electron chi connectivity index (χ1n) is 11.1. The third-order valence-electron chi connectivity index (χ3n) is 5.71. The van der Waals surface area contributed by atoms with Crippen LogP contribution in [0.4, 0.5) is 0 Å². The SMILES string of the molecule is CCC(C)NC(=O)C(C)N(Cc1ccc(Cl)cc1)C(=O)CCc1ccc(C(C)C)cc1. The van der Waals surface area contributed by atoms with Gasteiger partial charge >= 0.3 is 0 Å². The number of benzene rings is 2. The van der Waals surface area contributed by atoms with Crippen LogP contribution in [0, 0.1) is 0 Å². The van der Waals surface area contributed by atoms with E-state index < -0.39 is 6.04 Å². The van der Waals surface area contributed by atoms with E-state index in [1.807, 2.05) is 26.0 Å². The van der Waals surface area contributed by atoms with Crippen molar-refractivity contribution in [1.29, 1.82) is 0 Å². The predicted octanol–water partition coefficient (Wildman–Crippen LogP) is 5.73. The van der Waals surface area contributed by atoms with Crippen LogP contribution in [0.2, 0.25) is 5.02 Å². The highest BCUT2D eigenvalue weighted by Gasteiger charge is 2.26. The zero-order valence-electron chi connectivity index (χ0n) is 19.3. The maximum atomic E-state index is 13.2. The molecule has 1 N–H and O–H groups in total. The van der Waals surface area contributed by atoms with E-state index in [9.17, 15) is 9.59 Å². The van der Waals surface area contributed by atoms with Crippen molar-refractivity contribution in [3.63, 3.8) is 0 Å². The van der Waals surface area contributed by atoms with Gasteiger partial charge in [0.15, 0.2) is 0 Å². The highest BCUT2D eigenvalue weighted by molar-refractivity contribution is 6.30. The van der Waals surface area contributed by atoms with Crippen molar-refractivity contribution in [2.75, 3.05) is 0 Å². The number of aryl methyl sites for hydroxylation is 1. The Hall–Kier alpha value is -2.33. The first-order chi connectivity index (χ1) is 14.7. The van der Waals surface area contributed by atoms with Gasteiger partial charge in [0.2, 0.25) is 11.8 Å². The van der Waals surface area contributed by atoms with Crippen molar-refractivity contribution in [1.82, 2.24) is 10.2 Å². The molecule has 0 spiro atoms. The molecule has 4 nitrogen and oxygen atoms in total. The lowest BCUT2D eigenvalue weighted by atomic mass is 10.00. The molecule has 31 heavy (non-hydrogen) atoms. The summed E-state index contributed by atoms with van der Waals surface area (Å²) in [5.41, 5.74) is 3.36. The second kappa shape index (κ2) is 11.9. The molecule has 0 saturated carbocycles. The smallest absolute Gasteiger partial charge is 0.242 e. The van der Waals surface area contributed by atoms with Gasteiger partial charge in [0.25, 0.3) is 0 Å². The van der Waals surface area contributed by atoms with Crippen LogP contribution >= 0.6 is 11.6 Å². The number of rotatable bonds is 10. The molecule has 0 aromatic heterocycles. The number of nitrogens with one attached hydrogen (secondary N) is 1. The quantitative estimate of drug-likeness (QED) is 0.510. The summed E-state index contributed by atoms with van der Waals surface area (Å²) in [5.74, 6) is 0.322. The van der Waals surface area contributed by atoms with Gasteiger partial charge in [0.1, 0.15) is 6.04 Å². The van der Waals surface area contributed by atoms with Crippen molar-refractivity contribution >= 4 is 23.4 Å². The van der Waals surface area contributed by atoms with E-state index in [2.05, 4.69) is 43.4 Å². The van der Waals surface area contributed by atoms with E-state index >= 15 is 0 Å². The van der Waals surface area contributed by atoms with Gasteiger partial charge in [-0.1, -0.05) is 68.8 Å². The van der Waals surface area contributed by atoms with Gasteiger partial charge in [0.05, 0.1) is 0 Å². The number of halogens is 1. The summed E-state index contributed by atoms with van der Waals surface area (Å²) in [7, 11) is 0. The van der Waals surface area contributed by atoms with Gasteiger partial charge in [-0.2, -0.15) is 0 Å². The maximum Gasteiger partial charge on any atom is 0.242 e. The van der Waals surface area contributed by atoms with Crippen LogP contribution in [0.3, 0.4) is 0 Å². The molecule has 0 aliphatic carbocycles. The lowest BCUT2D eigenvalue weighted by Crippen LogP contribution is -2.49. The molecular formula is C26H35ClN2O2. The normalized spacial score (nSPS) is 13.0. The average molecular weight is 443 g/mol. The van der Waals surface area contributed by atoms with Crippen molar-refractivity contribution in [2.45, 2.75) is 78.4 Å². The fraction of sp³-hybridized carbons (Fsp3) is 0.462. The third kappa shape index (κ3) is 7.70. The van der Waals surface area contributed by atoms with Crippen LogP contribution in [-0.2, 0) is 22.6 Å². The number of carbonyl (C=O) groups excluding carboxylic acids is 2. The summed E-state index contributed by atoms with van der Waals surface area (Å²) >= 11 is 6.00. The molecule has 2 amide bonds. The topological polar surface area (TPSA) is 49.4 Å². The highest BCUT2D eigenvalue weighted by Crippen LogP contribution is 2.18. The Morgan fingerprint density at radius 2 is 1.52 bits per heavy atom. The molecule has 2 rings (SSSR count). The standard InChI is InChI=1S/C26H35ClN2O2/c1-6-19(4)28-26(31)20(5)29(17-22-9-14-24(27)15-10-22)25(30)16-11-21-7-12-23(13-8-21)18(2)3/h7-10,12-15,18-20H,6,11,16-17H2,1-5H3,(H,28,31). The van der Waals surface area contributed by atoms with Crippen molar-refractivity contribution in [3.8, 4) is 0 Å². The Kier molecular flexibility index (Phi) is 9.57. The Labute approximate surface area is 192 Å². The third-order valence-corrected chi connectivity index (χ3v) is 5.96. The molecule has 2 aromatic carbocycles. The minimum Gasteiger partial charge on any atom is -0.352 e. The van der Waals surface area contributed by atoms with E-state index in [1.165, 1.54) is 5.56 Å². The molecule has 2 atom stereocenters. The molecule has 0 bridgehead atoms. The number of carbonyl (C=O) groups is 2. The molecular weight excluding hydrogens is 408 g/mol. The summed E-state index contributed by atoms with van der Waals surface area (Å²) in [6.07, 6.45) is 1.85. The molecule has 0 radical (unpaired) electrons. The van der Waals surface area contributed by atoms with Gasteiger partial charge in [0, 0.05) is 24.0 Å². The molecule has 0 heterocycles. The lowest BCUT2D eigenvalue weighted by molar-refractivity contribution is -0.140. The molecule has 0 saturated heterocycles. The van der Waals surface area contributed by atoms with Gasteiger partial charge < -0.3 is 10.2 Å². The predicted molar refractivity (Wildman–Crippen MR) is 128 cm³/mol. The minimum absolute atomic E-state index is 0.0327. The van der Waals surface area contributed by atoms with Crippen molar-refractivity contribution in [3.05, 3.63) is 70.2 Å². The Balaban J connectivity index is 2.12. The largest absolute Gasteiger partial charge is 0.352 e. The van der Waals surface area contributed by atoms with Gasteiger partial charge in [-0.15, -0.1) is 0 Å². The molecule has 0 fully saturated rings. The summed E-state index contributed by atoms with van der Waals surface area (Å²) in [6.45, 7) is 10.5. The monoisotopic (exact) mass is 442 g/mol. The van der Waals surface area contributed by atoms with E-state index in [4.69, 9.17) is 11.6 Å². The Morgan fingerprint density at radius 1 is 0.935 bits per heavy atom. The van der Waals surface area contributed by atoms with E-state index in [1.54, 1.807) is 24.0 Å². The van der Waals surface area contributed by atoms with E-state index in [0.29, 0.717) is 30.3 Å². The first-order valence-corrected chi connectivity index (χ1v) is 11.5. The highest BCUT2D eigenvalue weighted by atomic mass is 35.5. The summed E-state index contributed by atoms with van der Waals surface area (Å²) < 4.78 is 0. The van der Waals surface area contributed by atoms with Gasteiger partial charge in [-0.25, -0.2) is 0 Å². The Morgan fingerprint density at radius 3 is 2.06 bits per heavy atom. The first kappa shape index (κ1) is 24.9. The lowest BCUT2D eigenvalue weighted by Gasteiger charge is -2.30. The molecule has 2 unspecified atom stereocenters. The van der Waals surface area contributed by atoms with Gasteiger partial charge in [-0.05, 0) is 61.4 Å². The van der Waals surface area contributed by atoms with Gasteiger partial charge in [-0.3, -0.25) is 9.59 Å². The van der Waals surface area contributed by atoms with Crippen LogP contribution in [0.25, 0.3) is 0 Å².